The lowest BCUT2D eigenvalue weighted by Crippen LogP contribution is -2.29. The predicted octanol–water partition coefficient (Wildman–Crippen LogP) is -0.599. The molecule has 0 spiro atoms. The van der Waals surface area contributed by atoms with Crippen LogP contribution in [0, 0.1) is 0 Å². The number of aliphatic hydroxyl groups excluding tert-OH is 2. The van der Waals surface area contributed by atoms with Crippen LogP contribution in [0.2, 0.25) is 0 Å². The van der Waals surface area contributed by atoms with Crippen molar-refractivity contribution in [1.29, 1.82) is 0 Å². The summed E-state index contributed by atoms with van der Waals surface area (Å²) in [5.74, 6) is -0.850. The molecule has 4 N–H and O–H groups in total. The van der Waals surface area contributed by atoms with E-state index in [0.717, 1.165) is 0 Å². The molecule has 0 aromatic carbocycles. The molecule has 2 amide bonds. The summed E-state index contributed by atoms with van der Waals surface area (Å²) < 4.78 is 0. The molecule has 0 atom stereocenters. The second kappa shape index (κ2) is 8.49. The number of allylic oxidation sites excluding steroid dienone is 2. The number of aliphatic hydroxyl groups is 2. The van der Waals surface area contributed by atoms with Gasteiger partial charge in [0.25, 0.3) is 0 Å². The van der Waals surface area contributed by atoms with Crippen molar-refractivity contribution in [2.75, 3.05) is 13.5 Å². The number of carbonyl (C=O) groups is 2. The van der Waals surface area contributed by atoms with Crippen LogP contribution in [0.5, 0.6) is 0 Å². The lowest BCUT2D eigenvalue weighted by atomic mass is 10.0. The van der Waals surface area contributed by atoms with Gasteiger partial charge in [-0.25, -0.2) is 0 Å². The van der Waals surface area contributed by atoms with E-state index in [1.807, 2.05) is 0 Å². The first-order valence-electron chi connectivity index (χ1n) is 5.19. The van der Waals surface area contributed by atoms with Crippen LogP contribution in [0.1, 0.15) is 20.3 Å². The Bertz CT molecular complexity index is 302. The molecule has 0 aliphatic rings. The molecule has 6 nitrogen and oxygen atoms in total. The van der Waals surface area contributed by atoms with Gasteiger partial charge < -0.3 is 20.8 Å². The van der Waals surface area contributed by atoms with Crippen LogP contribution in [0.3, 0.4) is 0 Å². The maximum atomic E-state index is 11.5. The predicted molar refractivity (Wildman–Crippen MR) is 62.6 cm³/mol. The fourth-order valence-electron chi connectivity index (χ4n) is 1.20. The van der Waals surface area contributed by atoms with E-state index in [9.17, 15) is 9.59 Å². The van der Waals surface area contributed by atoms with Crippen LogP contribution >= 0.6 is 0 Å². The van der Waals surface area contributed by atoms with E-state index in [1.54, 1.807) is 26.0 Å². The summed E-state index contributed by atoms with van der Waals surface area (Å²) in [6.07, 6.45) is 3.28. The third-order valence-electron chi connectivity index (χ3n) is 2.14. The molecule has 0 saturated heterocycles. The molecule has 0 aromatic rings. The molecule has 0 saturated carbocycles. The van der Waals surface area contributed by atoms with Crippen LogP contribution in [0.15, 0.2) is 23.3 Å². The number of nitrogens with one attached hydrogen (secondary N) is 2. The number of rotatable bonds is 6. The Labute approximate surface area is 100 Å². The third kappa shape index (κ3) is 5.28. The van der Waals surface area contributed by atoms with E-state index < -0.39 is 25.3 Å². The minimum absolute atomic E-state index is 0.144. The van der Waals surface area contributed by atoms with Crippen molar-refractivity contribution >= 4 is 11.8 Å². The van der Waals surface area contributed by atoms with Crippen molar-refractivity contribution in [3.63, 3.8) is 0 Å². The minimum Gasteiger partial charge on any atom is -0.376 e. The molecule has 96 valence electrons. The molecule has 0 aliphatic carbocycles. The molecule has 0 bridgehead atoms. The molecule has 17 heavy (non-hydrogen) atoms. The Kier molecular flexibility index (Phi) is 7.66. The van der Waals surface area contributed by atoms with Gasteiger partial charge in [0.15, 0.2) is 0 Å². The van der Waals surface area contributed by atoms with Gasteiger partial charge in [0.2, 0.25) is 11.8 Å². The molecule has 0 fully saturated rings. The molecule has 0 unspecified atom stereocenters. The summed E-state index contributed by atoms with van der Waals surface area (Å²) in [6, 6.07) is 0. The van der Waals surface area contributed by atoms with Crippen molar-refractivity contribution in [2.45, 2.75) is 20.3 Å². The second-order valence-corrected chi connectivity index (χ2v) is 3.13. The van der Waals surface area contributed by atoms with Crippen LogP contribution in [0.25, 0.3) is 0 Å². The summed E-state index contributed by atoms with van der Waals surface area (Å²) in [4.78, 5) is 22.9. The van der Waals surface area contributed by atoms with E-state index >= 15 is 0 Å². The number of carbonyl (C=O) groups excluding carboxylic acids is 2. The van der Waals surface area contributed by atoms with Crippen LogP contribution in [0.4, 0.5) is 0 Å². The van der Waals surface area contributed by atoms with E-state index in [0.29, 0.717) is 11.1 Å². The minimum atomic E-state index is -0.454. The van der Waals surface area contributed by atoms with Gasteiger partial charge in [-0.3, -0.25) is 9.59 Å². The number of amides is 2. The van der Waals surface area contributed by atoms with E-state index in [2.05, 4.69) is 10.6 Å². The largest absolute Gasteiger partial charge is 0.376 e. The van der Waals surface area contributed by atoms with Crippen molar-refractivity contribution in [1.82, 2.24) is 10.6 Å². The highest BCUT2D eigenvalue weighted by Crippen LogP contribution is 2.11. The smallest absolute Gasteiger partial charge is 0.248 e. The fraction of sp³-hybridized carbons (Fsp3) is 0.455. The lowest BCUT2D eigenvalue weighted by molar-refractivity contribution is -0.118. The average molecular weight is 242 g/mol. The van der Waals surface area contributed by atoms with Crippen molar-refractivity contribution in [3.8, 4) is 0 Å². The van der Waals surface area contributed by atoms with Crippen molar-refractivity contribution in [2.24, 2.45) is 0 Å². The van der Waals surface area contributed by atoms with Gasteiger partial charge in [0.05, 0.1) is 0 Å². The normalized spacial score (nSPS) is 12.2. The van der Waals surface area contributed by atoms with E-state index in [-0.39, 0.29) is 6.42 Å². The van der Waals surface area contributed by atoms with Gasteiger partial charge in [-0.1, -0.05) is 12.2 Å². The van der Waals surface area contributed by atoms with Crippen LogP contribution in [-0.2, 0) is 9.59 Å². The molecular formula is C11H18N2O4. The Balaban J connectivity index is 4.66. The SMILES string of the molecule is CC=C(CC(=CC)C(=O)NCO)C(=O)NCO. The zero-order chi connectivity index (χ0) is 13.3. The second-order valence-electron chi connectivity index (χ2n) is 3.13. The Morgan fingerprint density at radius 2 is 1.29 bits per heavy atom. The zero-order valence-corrected chi connectivity index (χ0v) is 9.99. The van der Waals surface area contributed by atoms with Gasteiger partial charge in [-0.05, 0) is 13.8 Å². The summed E-state index contributed by atoms with van der Waals surface area (Å²) in [5.41, 5.74) is 0.750. The highest BCUT2D eigenvalue weighted by Gasteiger charge is 2.14. The first kappa shape index (κ1) is 15.3. The Morgan fingerprint density at radius 1 is 0.941 bits per heavy atom. The summed E-state index contributed by atoms with van der Waals surface area (Å²) in [6.45, 7) is 2.43. The van der Waals surface area contributed by atoms with Crippen LogP contribution < -0.4 is 10.6 Å². The molecule has 6 heteroatoms. The van der Waals surface area contributed by atoms with Gasteiger partial charge in [-0.15, -0.1) is 0 Å². The first-order chi connectivity index (χ1) is 8.10. The van der Waals surface area contributed by atoms with Gasteiger partial charge in [0.1, 0.15) is 13.5 Å². The Hall–Kier alpha value is -1.66. The summed E-state index contributed by atoms with van der Waals surface area (Å²) in [5, 5.41) is 21.6. The average Bonchev–Trinajstić information content (AvgIpc) is 2.31. The highest BCUT2D eigenvalue weighted by molar-refractivity contribution is 5.99. The van der Waals surface area contributed by atoms with Crippen molar-refractivity contribution in [3.05, 3.63) is 23.3 Å². The standard InChI is InChI=1S/C11H18N2O4/c1-3-8(10(16)12-6-14)5-9(4-2)11(17)13-7-15/h3-4,14-15H,5-7H2,1-2H3,(H,12,16)(H,13,17). The first-order valence-corrected chi connectivity index (χ1v) is 5.19. The lowest BCUT2D eigenvalue weighted by Gasteiger charge is -2.09. The quantitative estimate of drug-likeness (QED) is 0.369. The summed E-state index contributed by atoms with van der Waals surface area (Å²) >= 11 is 0. The monoisotopic (exact) mass is 242 g/mol. The molecule has 0 aliphatic heterocycles. The zero-order valence-electron chi connectivity index (χ0n) is 9.99. The fourth-order valence-corrected chi connectivity index (χ4v) is 1.20. The topological polar surface area (TPSA) is 98.7 Å². The van der Waals surface area contributed by atoms with E-state index in [4.69, 9.17) is 10.2 Å². The number of hydrogen-bond acceptors (Lipinski definition) is 4. The molecule has 0 aromatic heterocycles. The van der Waals surface area contributed by atoms with Gasteiger partial charge in [-0.2, -0.15) is 0 Å². The van der Waals surface area contributed by atoms with Gasteiger partial charge in [0, 0.05) is 17.6 Å². The highest BCUT2D eigenvalue weighted by atomic mass is 16.3. The number of hydrogen-bond donors (Lipinski definition) is 4. The Morgan fingerprint density at radius 3 is 1.53 bits per heavy atom. The van der Waals surface area contributed by atoms with Crippen LogP contribution in [-0.4, -0.2) is 35.5 Å². The third-order valence-corrected chi connectivity index (χ3v) is 2.14. The molecule has 0 rings (SSSR count). The van der Waals surface area contributed by atoms with Crippen molar-refractivity contribution < 1.29 is 19.8 Å². The van der Waals surface area contributed by atoms with E-state index in [1.165, 1.54) is 0 Å². The molecular weight excluding hydrogens is 224 g/mol. The molecule has 0 heterocycles. The maximum Gasteiger partial charge on any atom is 0.248 e. The maximum absolute atomic E-state index is 11.5. The molecule has 0 radical (unpaired) electrons. The summed E-state index contributed by atoms with van der Waals surface area (Å²) in [7, 11) is 0. The van der Waals surface area contributed by atoms with Gasteiger partial charge >= 0.3 is 0 Å².